The van der Waals surface area contributed by atoms with Gasteiger partial charge in [-0.15, -0.1) is 24.0 Å². The minimum absolute atomic E-state index is 0. The summed E-state index contributed by atoms with van der Waals surface area (Å²) in [6.45, 7) is 16.3. The molecule has 8 heteroatoms. The van der Waals surface area contributed by atoms with Crippen LogP contribution in [0.15, 0.2) is 4.99 Å². The summed E-state index contributed by atoms with van der Waals surface area (Å²) < 4.78 is 0.150. The monoisotopic (exact) mass is 485 g/mol. The lowest BCUT2D eigenvalue weighted by molar-refractivity contribution is -0.123. The van der Waals surface area contributed by atoms with Crippen molar-refractivity contribution in [1.82, 2.24) is 20.4 Å². The molecular formula is C17H36IN5OS. The molecule has 0 aromatic heterocycles. The Morgan fingerprint density at radius 3 is 2.32 bits per heavy atom. The number of amides is 1. The molecular weight excluding hydrogens is 449 g/mol. The molecule has 0 bridgehead atoms. The maximum atomic E-state index is 11.9. The largest absolute Gasteiger partial charge is 0.357 e. The highest BCUT2D eigenvalue weighted by molar-refractivity contribution is 14.0. The van der Waals surface area contributed by atoms with E-state index in [0.717, 1.165) is 45.2 Å². The van der Waals surface area contributed by atoms with Crippen LogP contribution >= 0.6 is 35.7 Å². The maximum Gasteiger partial charge on any atom is 0.234 e. The van der Waals surface area contributed by atoms with E-state index in [2.05, 4.69) is 47.5 Å². The van der Waals surface area contributed by atoms with E-state index in [4.69, 9.17) is 4.99 Å². The molecule has 0 aliphatic carbocycles. The first-order valence-corrected chi connectivity index (χ1v) is 10.1. The number of rotatable bonds is 7. The van der Waals surface area contributed by atoms with Crippen LogP contribution in [0.5, 0.6) is 0 Å². The smallest absolute Gasteiger partial charge is 0.234 e. The first-order chi connectivity index (χ1) is 11.3. The Bertz CT molecular complexity index is 423. The van der Waals surface area contributed by atoms with Gasteiger partial charge in [0.1, 0.15) is 0 Å². The van der Waals surface area contributed by atoms with E-state index >= 15 is 0 Å². The number of thioether (sulfide) groups is 1. The summed E-state index contributed by atoms with van der Waals surface area (Å²) in [6, 6.07) is 0.200. The van der Waals surface area contributed by atoms with Gasteiger partial charge in [-0.25, -0.2) is 0 Å². The Balaban J connectivity index is 0.00000576. The third kappa shape index (κ3) is 9.89. The van der Waals surface area contributed by atoms with Gasteiger partial charge in [-0.05, 0) is 40.9 Å². The van der Waals surface area contributed by atoms with E-state index in [0.29, 0.717) is 6.54 Å². The Labute approximate surface area is 175 Å². The molecule has 1 amide bonds. The summed E-state index contributed by atoms with van der Waals surface area (Å²) >= 11 is 1.84. The molecule has 1 aliphatic rings. The van der Waals surface area contributed by atoms with Gasteiger partial charge in [0, 0.05) is 43.5 Å². The van der Waals surface area contributed by atoms with Crippen molar-refractivity contribution in [1.29, 1.82) is 0 Å². The number of guanidine groups is 1. The van der Waals surface area contributed by atoms with Crippen molar-refractivity contribution in [2.75, 3.05) is 52.1 Å². The highest BCUT2D eigenvalue weighted by Crippen LogP contribution is 2.21. The van der Waals surface area contributed by atoms with E-state index in [1.54, 1.807) is 0 Å². The molecule has 1 saturated heterocycles. The van der Waals surface area contributed by atoms with Gasteiger partial charge in [0.25, 0.3) is 0 Å². The summed E-state index contributed by atoms with van der Waals surface area (Å²) in [5.74, 6) is 1.10. The number of piperazine rings is 1. The van der Waals surface area contributed by atoms with E-state index in [1.165, 1.54) is 0 Å². The standard InChI is InChI=1S/C17H35N5OS.HI/c1-7-18-16(19-13-17(4,5)24-6)22-10-8-21(9-11-22)12-15(23)20-14(2)3;/h14H,7-13H2,1-6H3,(H,18,19)(H,20,23);1H. The summed E-state index contributed by atoms with van der Waals surface area (Å²) in [6.07, 6.45) is 2.13. The molecule has 0 saturated carbocycles. The zero-order chi connectivity index (χ0) is 18.2. The van der Waals surface area contributed by atoms with Crippen molar-refractivity contribution in [3.63, 3.8) is 0 Å². The highest BCUT2D eigenvalue weighted by Gasteiger charge is 2.22. The Morgan fingerprint density at radius 2 is 1.84 bits per heavy atom. The third-order valence-corrected chi connectivity index (χ3v) is 5.22. The number of carbonyl (C=O) groups excluding carboxylic acids is 1. The molecule has 0 aromatic carbocycles. The Hall–Kier alpha value is -0.220. The Morgan fingerprint density at radius 1 is 1.24 bits per heavy atom. The predicted octanol–water partition coefficient (Wildman–Crippen LogP) is 1.85. The van der Waals surface area contributed by atoms with Gasteiger partial charge in [0.2, 0.25) is 5.91 Å². The summed E-state index contributed by atoms with van der Waals surface area (Å²) in [5, 5.41) is 6.35. The van der Waals surface area contributed by atoms with Crippen molar-refractivity contribution < 1.29 is 4.79 Å². The number of nitrogens with zero attached hydrogens (tertiary/aromatic N) is 3. The summed E-state index contributed by atoms with van der Waals surface area (Å²) in [7, 11) is 0. The molecule has 1 aliphatic heterocycles. The predicted molar refractivity (Wildman–Crippen MR) is 120 cm³/mol. The fraction of sp³-hybridized carbons (Fsp3) is 0.882. The SMILES string of the molecule is CCNC(=NCC(C)(C)SC)N1CCN(CC(=O)NC(C)C)CC1.I. The summed E-state index contributed by atoms with van der Waals surface area (Å²) in [5.41, 5.74) is 0. The van der Waals surface area contributed by atoms with Crippen LogP contribution in [-0.2, 0) is 4.79 Å². The molecule has 1 fully saturated rings. The van der Waals surface area contributed by atoms with E-state index in [-0.39, 0.29) is 40.7 Å². The van der Waals surface area contributed by atoms with Gasteiger partial charge < -0.3 is 15.5 Å². The second-order valence-corrected chi connectivity index (χ2v) is 8.63. The average molecular weight is 485 g/mol. The van der Waals surface area contributed by atoms with Crippen molar-refractivity contribution in [2.24, 2.45) is 4.99 Å². The van der Waals surface area contributed by atoms with Gasteiger partial charge in [0.05, 0.1) is 13.1 Å². The second-order valence-electron chi connectivity index (χ2n) is 7.12. The van der Waals surface area contributed by atoms with Crippen molar-refractivity contribution in [3.05, 3.63) is 0 Å². The molecule has 6 nitrogen and oxygen atoms in total. The minimum atomic E-state index is 0. The zero-order valence-electron chi connectivity index (χ0n) is 16.6. The zero-order valence-corrected chi connectivity index (χ0v) is 19.7. The number of carbonyl (C=O) groups is 1. The fourth-order valence-electron chi connectivity index (χ4n) is 2.44. The lowest BCUT2D eigenvalue weighted by atomic mass is 10.2. The van der Waals surface area contributed by atoms with Crippen LogP contribution in [0.4, 0.5) is 0 Å². The normalized spacial score (nSPS) is 16.6. The second kappa shape index (κ2) is 12.2. The molecule has 2 N–H and O–H groups in total. The highest BCUT2D eigenvalue weighted by atomic mass is 127. The molecule has 1 heterocycles. The van der Waals surface area contributed by atoms with Crippen molar-refractivity contribution in [2.45, 2.75) is 45.4 Å². The quantitative estimate of drug-likeness (QED) is 0.328. The molecule has 0 atom stereocenters. The van der Waals surface area contributed by atoms with E-state index in [1.807, 2.05) is 25.6 Å². The number of nitrogens with one attached hydrogen (secondary N) is 2. The summed E-state index contributed by atoms with van der Waals surface area (Å²) in [4.78, 5) is 21.2. The number of aliphatic imine (C=N–C) groups is 1. The lowest BCUT2D eigenvalue weighted by Crippen LogP contribution is -2.54. The van der Waals surface area contributed by atoms with E-state index in [9.17, 15) is 4.79 Å². The number of hydrogen-bond acceptors (Lipinski definition) is 4. The maximum absolute atomic E-state index is 11.9. The van der Waals surface area contributed by atoms with Gasteiger partial charge in [-0.2, -0.15) is 11.8 Å². The van der Waals surface area contributed by atoms with Crippen LogP contribution < -0.4 is 10.6 Å². The van der Waals surface area contributed by atoms with Gasteiger partial charge in [-0.3, -0.25) is 14.7 Å². The number of hydrogen-bond donors (Lipinski definition) is 2. The number of halogens is 1. The lowest BCUT2D eigenvalue weighted by Gasteiger charge is -2.36. The first-order valence-electron chi connectivity index (χ1n) is 8.87. The van der Waals surface area contributed by atoms with Crippen LogP contribution in [0.25, 0.3) is 0 Å². The molecule has 0 unspecified atom stereocenters. The van der Waals surface area contributed by atoms with Crippen molar-refractivity contribution in [3.8, 4) is 0 Å². The van der Waals surface area contributed by atoms with Crippen LogP contribution in [0.1, 0.15) is 34.6 Å². The topological polar surface area (TPSA) is 60.0 Å². The molecule has 0 aromatic rings. The Kier molecular flexibility index (Phi) is 12.1. The fourth-order valence-corrected chi connectivity index (χ4v) is 2.64. The van der Waals surface area contributed by atoms with Crippen LogP contribution in [-0.4, -0.2) is 84.5 Å². The van der Waals surface area contributed by atoms with Crippen LogP contribution in [0.3, 0.4) is 0 Å². The van der Waals surface area contributed by atoms with Gasteiger partial charge in [-0.1, -0.05) is 0 Å². The van der Waals surface area contributed by atoms with Gasteiger partial charge in [0.15, 0.2) is 5.96 Å². The van der Waals surface area contributed by atoms with E-state index < -0.39 is 0 Å². The molecule has 1 rings (SSSR count). The molecule has 148 valence electrons. The average Bonchev–Trinajstić information content (AvgIpc) is 2.51. The van der Waals surface area contributed by atoms with Gasteiger partial charge >= 0.3 is 0 Å². The molecule has 0 radical (unpaired) electrons. The molecule has 0 spiro atoms. The van der Waals surface area contributed by atoms with Crippen LogP contribution in [0, 0.1) is 0 Å². The van der Waals surface area contributed by atoms with Crippen LogP contribution in [0.2, 0.25) is 0 Å². The van der Waals surface area contributed by atoms with Crippen molar-refractivity contribution >= 4 is 47.6 Å². The first kappa shape index (κ1) is 24.8. The third-order valence-electron chi connectivity index (χ3n) is 3.99. The molecule has 25 heavy (non-hydrogen) atoms. The minimum Gasteiger partial charge on any atom is -0.357 e.